The lowest BCUT2D eigenvalue weighted by atomic mass is 9.80. The molecule has 1 aromatic carbocycles. The van der Waals surface area contributed by atoms with Gasteiger partial charge in [-0.05, 0) is 24.8 Å². The molecule has 0 bridgehead atoms. The van der Waals surface area contributed by atoms with Crippen LogP contribution in [0, 0.1) is 0 Å². The number of ether oxygens (including phenoxy) is 1. The van der Waals surface area contributed by atoms with Crippen LogP contribution in [0.2, 0.25) is 0 Å². The smallest absolute Gasteiger partial charge is 0.252 e. The van der Waals surface area contributed by atoms with Gasteiger partial charge in [0.05, 0.1) is 18.7 Å². The number of likely N-dealkylation sites (tertiary alicyclic amines) is 1. The van der Waals surface area contributed by atoms with Gasteiger partial charge in [0, 0.05) is 38.9 Å². The molecule has 1 spiro atoms. The molecule has 1 N–H and O–H groups in total. The first-order valence-corrected chi connectivity index (χ1v) is 10.2. The number of aliphatic hydroxyl groups excluding tert-OH is 1. The number of hydrogen-bond acceptors (Lipinski definition) is 6. The molecule has 4 heterocycles. The van der Waals surface area contributed by atoms with Gasteiger partial charge in [0.25, 0.3) is 5.91 Å². The maximum atomic E-state index is 13.6. The van der Waals surface area contributed by atoms with Crippen molar-refractivity contribution in [3.8, 4) is 0 Å². The molecule has 2 amide bonds. The largest absolute Gasteiger partial charge is 0.392 e. The van der Waals surface area contributed by atoms with Crippen molar-refractivity contribution in [3.63, 3.8) is 0 Å². The molecule has 0 aliphatic carbocycles. The molecule has 4 aliphatic heterocycles. The van der Waals surface area contributed by atoms with Crippen molar-refractivity contribution in [3.05, 3.63) is 35.9 Å². The monoisotopic (exact) mass is 385 g/mol. The predicted octanol–water partition coefficient (Wildman–Crippen LogP) is 0.224. The van der Waals surface area contributed by atoms with Crippen LogP contribution in [0.1, 0.15) is 24.8 Å². The van der Waals surface area contributed by atoms with E-state index >= 15 is 0 Å². The van der Waals surface area contributed by atoms with E-state index in [0.29, 0.717) is 38.6 Å². The van der Waals surface area contributed by atoms with Crippen LogP contribution in [-0.2, 0) is 20.9 Å². The number of carbonyl (C=O) groups is 2. The van der Waals surface area contributed by atoms with Crippen molar-refractivity contribution in [2.75, 3.05) is 32.8 Å². The normalized spacial score (nSPS) is 31.2. The Labute approximate surface area is 164 Å². The van der Waals surface area contributed by atoms with Gasteiger partial charge < -0.3 is 9.84 Å². The van der Waals surface area contributed by atoms with E-state index < -0.39 is 17.7 Å². The SMILES string of the molecule is O=C1[C@@H]2C[C@@H](O)CN2C2(CN(C3CCOCC3)C2)C(=O)N1Cc1ccccc1. The molecular weight excluding hydrogens is 358 g/mol. The standard InChI is InChI=1S/C21H27N3O4/c25-17-10-18-19(26)23(11-15-4-2-1-3-5-15)20(27)21(24(18)12-17)13-22(14-21)16-6-8-28-9-7-16/h1-5,16-18,25H,6-14H2/t17-,18+/m1/s1. The van der Waals surface area contributed by atoms with Gasteiger partial charge >= 0.3 is 0 Å². The van der Waals surface area contributed by atoms with Crippen molar-refractivity contribution in [1.82, 2.24) is 14.7 Å². The van der Waals surface area contributed by atoms with Crippen LogP contribution in [0.5, 0.6) is 0 Å². The highest BCUT2D eigenvalue weighted by Gasteiger charge is 2.64. The summed E-state index contributed by atoms with van der Waals surface area (Å²) in [6.45, 7) is 3.52. The summed E-state index contributed by atoms with van der Waals surface area (Å²) in [5, 5.41) is 10.3. The number of piperazine rings is 1. The highest BCUT2D eigenvalue weighted by Crippen LogP contribution is 2.42. The van der Waals surface area contributed by atoms with Gasteiger partial charge in [-0.1, -0.05) is 30.3 Å². The number of carbonyl (C=O) groups excluding carboxylic acids is 2. The Morgan fingerprint density at radius 1 is 1.11 bits per heavy atom. The molecule has 7 nitrogen and oxygen atoms in total. The van der Waals surface area contributed by atoms with Crippen LogP contribution in [-0.4, -0.2) is 88.2 Å². The van der Waals surface area contributed by atoms with Crippen LogP contribution >= 0.6 is 0 Å². The molecule has 5 rings (SSSR count). The summed E-state index contributed by atoms with van der Waals surface area (Å²) in [5.41, 5.74) is 0.273. The topological polar surface area (TPSA) is 73.3 Å². The van der Waals surface area contributed by atoms with E-state index in [4.69, 9.17) is 4.74 Å². The van der Waals surface area contributed by atoms with Gasteiger partial charge in [0.2, 0.25) is 5.91 Å². The van der Waals surface area contributed by atoms with Gasteiger partial charge in [0.1, 0.15) is 5.54 Å². The second kappa shape index (κ2) is 6.91. The van der Waals surface area contributed by atoms with Crippen molar-refractivity contribution >= 4 is 11.8 Å². The maximum Gasteiger partial charge on any atom is 0.252 e. The number of hydrogen-bond donors (Lipinski definition) is 1. The highest BCUT2D eigenvalue weighted by atomic mass is 16.5. The number of rotatable bonds is 3. The summed E-state index contributed by atoms with van der Waals surface area (Å²) < 4.78 is 5.47. The Bertz CT molecular complexity index is 758. The molecule has 0 aromatic heterocycles. The number of nitrogens with zero attached hydrogens (tertiary/aromatic N) is 3. The second-order valence-corrected chi connectivity index (χ2v) is 8.55. The molecule has 7 heteroatoms. The van der Waals surface area contributed by atoms with Crippen LogP contribution in [0.15, 0.2) is 30.3 Å². The fraction of sp³-hybridized carbons (Fsp3) is 0.619. The summed E-state index contributed by atoms with van der Waals surface area (Å²) in [6, 6.07) is 9.71. The fourth-order valence-corrected chi connectivity index (χ4v) is 5.34. The molecule has 4 saturated heterocycles. The number of amides is 2. The molecule has 4 aliphatic rings. The number of benzene rings is 1. The van der Waals surface area contributed by atoms with E-state index in [0.717, 1.165) is 31.6 Å². The van der Waals surface area contributed by atoms with Crippen LogP contribution in [0.25, 0.3) is 0 Å². The second-order valence-electron chi connectivity index (χ2n) is 8.55. The lowest BCUT2D eigenvalue weighted by Crippen LogP contribution is -2.82. The van der Waals surface area contributed by atoms with E-state index in [1.165, 1.54) is 4.90 Å². The zero-order valence-electron chi connectivity index (χ0n) is 16.0. The minimum absolute atomic E-state index is 0.102. The minimum atomic E-state index is -0.677. The zero-order chi connectivity index (χ0) is 19.3. The lowest BCUT2D eigenvalue weighted by Gasteiger charge is -2.60. The molecule has 28 heavy (non-hydrogen) atoms. The first-order chi connectivity index (χ1) is 13.6. The molecule has 1 aromatic rings. The number of aliphatic hydroxyl groups is 1. The number of imide groups is 1. The predicted molar refractivity (Wildman–Crippen MR) is 101 cm³/mol. The Morgan fingerprint density at radius 2 is 1.82 bits per heavy atom. The summed E-state index contributed by atoms with van der Waals surface area (Å²) >= 11 is 0. The summed E-state index contributed by atoms with van der Waals surface area (Å²) in [4.78, 5) is 32.5. The Balaban J connectivity index is 1.41. The highest BCUT2D eigenvalue weighted by molar-refractivity contribution is 6.06. The first kappa shape index (κ1) is 18.2. The third kappa shape index (κ3) is 2.80. The van der Waals surface area contributed by atoms with Gasteiger partial charge in [-0.3, -0.25) is 24.3 Å². The molecule has 0 unspecified atom stereocenters. The molecule has 0 saturated carbocycles. The maximum absolute atomic E-state index is 13.6. The van der Waals surface area contributed by atoms with Crippen molar-refractivity contribution < 1.29 is 19.4 Å². The van der Waals surface area contributed by atoms with Gasteiger partial charge in [-0.15, -0.1) is 0 Å². The molecule has 150 valence electrons. The first-order valence-electron chi connectivity index (χ1n) is 10.2. The lowest BCUT2D eigenvalue weighted by molar-refractivity contribution is -0.184. The zero-order valence-corrected chi connectivity index (χ0v) is 16.0. The summed E-state index contributed by atoms with van der Waals surface area (Å²) in [7, 11) is 0. The fourth-order valence-electron chi connectivity index (χ4n) is 5.34. The summed E-state index contributed by atoms with van der Waals surface area (Å²) in [5.74, 6) is -0.268. The molecule has 2 atom stereocenters. The quantitative estimate of drug-likeness (QED) is 0.751. The van der Waals surface area contributed by atoms with Gasteiger partial charge in [0.15, 0.2) is 0 Å². The van der Waals surface area contributed by atoms with Crippen LogP contribution in [0.3, 0.4) is 0 Å². The Hall–Kier alpha value is -1.80. The summed E-state index contributed by atoms with van der Waals surface area (Å²) in [6.07, 6.45) is 1.84. The average Bonchev–Trinajstić information content (AvgIpc) is 3.08. The Morgan fingerprint density at radius 3 is 2.54 bits per heavy atom. The molecule has 0 radical (unpaired) electrons. The molecular formula is C21H27N3O4. The van der Waals surface area contributed by atoms with Crippen LogP contribution in [0.4, 0.5) is 0 Å². The van der Waals surface area contributed by atoms with Gasteiger partial charge in [-0.2, -0.15) is 0 Å². The van der Waals surface area contributed by atoms with E-state index in [-0.39, 0.29) is 11.8 Å². The van der Waals surface area contributed by atoms with Gasteiger partial charge in [-0.25, -0.2) is 0 Å². The van der Waals surface area contributed by atoms with E-state index in [2.05, 4.69) is 4.90 Å². The van der Waals surface area contributed by atoms with E-state index in [9.17, 15) is 14.7 Å². The number of fused-ring (bicyclic) bond motifs is 2. The average molecular weight is 385 g/mol. The van der Waals surface area contributed by atoms with E-state index in [1.54, 1.807) is 0 Å². The van der Waals surface area contributed by atoms with Crippen molar-refractivity contribution in [1.29, 1.82) is 0 Å². The minimum Gasteiger partial charge on any atom is -0.392 e. The third-order valence-corrected chi connectivity index (χ3v) is 6.84. The van der Waals surface area contributed by atoms with Crippen LogP contribution < -0.4 is 0 Å². The van der Waals surface area contributed by atoms with E-state index in [1.807, 2.05) is 35.2 Å². The number of β-amino-alcohol motifs (C(OH)–C–C–N with tert-alkyl or cyclic N) is 1. The van der Waals surface area contributed by atoms with Crippen molar-refractivity contribution in [2.45, 2.75) is 49.5 Å². The third-order valence-electron chi connectivity index (χ3n) is 6.84. The Kier molecular flexibility index (Phi) is 4.50. The van der Waals surface area contributed by atoms with Crippen molar-refractivity contribution in [2.24, 2.45) is 0 Å². The molecule has 4 fully saturated rings.